The van der Waals surface area contributed by atoms with Gasteiger partial charge in [0.1, 0.15) is 29.5 Å². The van der Waals surface area contributed by atoms with E-state index in [1.165, 1.54) is 18.5 Å². The average molecular weight is 612 g/mol. The fourth-order valence-corrected chi connectivity index (χ4v) is 3.63. The Labute approximate surface area is 242 Å². The van der Waals surface area contributed by atoms with Gasteiger partial charge in [-0.1, -0.05) is 41.4 Å². The molecule has 210 valence electrons. The van der Waals surface area contributed by atoms with Gasteiger partial charge >= 0.3 is 0 Å². The second-order valence-electron chi connectivity index (χ2n) is 8.63. The highest BCUT2D eigenvalue weighted by Gasteiger charge is 2.16. The number of phenolic OH excluding ortho intramolecular Hbond substituents is 1. The molecule has 0 bridgehead atoms. The molecule has 0 aliphatic heterocycles. The van der Waals surface area contributed by atoms with E-state index in [0.717, 1.165) is 38.7 Å². The molecule has 0 aliphatic carbocycles. The van der Waals surface area contributed by atoms with Crippen LogP contribution in [0.5, 0.6) is 11.5 Å². The highest BCUT2D eigenvalue weighted by atomic mass is 35.5. The quantitative estimate of drug-likeness (QED) is 0.292. The Morgan fingerprint density at radius 2 is 1.32 bits per heavy atom. The number of hydrogen-bond donors (Lipinski definition) is 1. The summed E-state index contributed by atoms with van der Waals surface area (Å²) >= 11 is 17.1. The maximum absolute atomic E-state index is 14.1. The summed E-state index contributed by atoms with van der Waals surface area (Å²) in [6.45, 7) is 10.3. The Bertz CT molecular complexity index is 1740. The lowest BCUT2D eigenvalue weighted by atomic mass is 10.2. The lowest BCUT2D eigenvalue weighted by Gasteiger charge is -2.12. The lowest BCUT2D eigenvalue weighted by Crippen LogP contribution is -2.24. The fourth-order valence-electron chi connectivity index (χ4n) is 3.22. The minimum Gasteiger partial charge on any atom is -0.506 e. The standard InChI is InChI=1S/C15H13Cl2FN2O2.C12H10ClFN2O2/c1-8-6-19-20(15(21)10(8)3)13-5-14(22-7-9(2)16)11(17)4-12(13)18;1-6-5-15-16(12(18)7(6)2)10-4-11(17)8(13)3-9(10)14/h4-6H,2,7H2,1,3H3;3-5,17H,1-2H3. The van der Waals surface area contributed by atoms with E-state index in [0.29, 0.717) is 11.1 Å². The molecule has 0 radical (unpaired) electrons. The molecule has 0 saturated heterocycles. The number of aromatic nitrogens is 4. The Morgan fingerprint density at radius 1 is 0.875 bits per heavy atom. The SMILES string of the molecule is C=C(Cl)COc1cc(-n2ncc(C)c(C)c2=O)c(F)cc1Cl.Cc1cnn(-c2cc(O)c(Cl)cc2F)c(=O)c1C. The molecule has 0 aliphatic rings. The third-order valence-corrected chi connectivity index (χ3v) is 6.51. The van der Waals surface area contributed by atoms with Crippen molar-refractivity contribution in [1.82, 2.24) is 19.6 Å². The number of rotatable bonds is 5. The third kappa shape index (κ3) is 6.70. The predicted molar refractivity (Wildman–Crippen MR) is 151 cm³/mol. The summed E-state index contributed by atoms with van der Waals surface area (Å²) in [5, 5.41) is 17.5. The van der Waals surface area contributed by atoms with E-state index in [1.807, 2.05) is 0 Å². The lowest BCUT2D eigenvalue weighted by molar-refractivity contribution is 0.358. The van der Waals surface area contributed by atoms with Crippen molar-refractivity contribution < 1.29 is 18.6 Å². The van der Waals surface area contributed by atoms with E-state index in [1.54, 1.807) is 27.7 Å². The predicted octanol–water partition coefficient (Wildman–Crippen LogP) is 6.12. The number of ether oxygens (including phenoxy) is 1. The van der Waals surface area contributed by atoms with Crippen molar-refractivity contribution in [3.05, 3.63) is 113 Å². The molecule has 2 aromatic heterocycles. The van der Waals surface area contributed by atoms with Gasteiger partial charge in [0.2, 0.25) is 0 Å². The molecule has 2 heterocycles. The van der Waals surface area contributed by atoms with Gasteiger partial charge in [0.05, 0.1) is 22.4 Å². The van der Waals surface area contributed by atoms with Crippen LogP contribution in [0.3, 0.4) is 0 Å². The van der Waals surface area contributed by atoms with Gasteiger partial charge in [0.15, 0.2) is 11.6 Å². The number of aryl methyl sites for hydroxylation is 2. The highest BCUT2D eigenvalue weighted by Crippen LogP contribution is 2.30. The topological polar surface area (TPSA) is 99.2 Å². The Kier molecular flexibility index (Phi) is 9.73. The molecule has 0 fully saturated rings. The molecular weight excluding hydrogens is 589 g/mol. The first-order valence-electron chi connectivity index (χ1n) is 11.5. The molecule has 1 N–H and O–H groups in total. The van der Waals surface area contributed by atoms with Crippen molar-refractivity contribution in [3.63, 3.8) is 0 Å². The van der Waals surface area contributed by atoms with Gasteiger partial charge in [-0.25, -0.2) is 8.78 Å². The van der Waals surface area contributed by atoms with Crippen LogP contribution < -0.4 is 15.9 Å². The highest BCUT2D eigenvalue weighted by molar-refractivity contribution is 6.32. The number of nitrogens with zero attached hydrogens (tertiary/aromatic N) is 4. The number of phenols is 1. The maximum atomic E-state index is 14.1. The Morgan fingerprint density at radius 3 is 1.80 bits per heavy atom. The second kappa shape index (κ2) is 12.6. The van der Waals surface area contributed by atoms with Crippen molar-refractivity contribution in [2.45, 2.75) is 27.7 Å². The van der Waals surface area contributed by atoms with Crippen molar-refractivity contribution >= 4 is 34.8 Å². The molecule has 0 saturated carbocycles. The van der Waals surface area contributed by atoms with Gasteiger partial charge in [-0.3, -0.25) is 9.59 Å². The van der Waals surface area contributed by atoms with Gasteiger partial charge in [0, 0.05) is 28.3 Å². The first-order valence-corrected chi connectivity index (χ1v) is 12.6. The van der Waals surface area contributed by atoms with Crippen LogP contribution in [0.25, 0.3) is 11.4 Å². The smallest absolute Gasteiger partial charge is 0.274 e. The zero-order valence-electron chi connectivity index (χ0n) is 21.7. The summed E-state index contributed by atoms with van der Waals surface area (Å²) < 4.78 is 35.1. The minimum atomic E-state index is -0.726. The van der Waals surface area contributed by atoms with Crippen LogP contribution in [0, 0.1) is 39.3 Å². The number of aromatic hydroxyl groups is 1. The van der Waals surface area contributed by atoms with Crippen LogP contribution in [0.1, 0.15) is 22.3 Å². The summed E-state index contributed by atoms with van der Waals surface area (Å²) in [5.41, 5.74) is 1.38. The van der Waals surface area contributed by atoms with Crippen LogP contribution >= 0.6 is 34.8 Å². The molecule has 0 amide bonds. The monoisotopic (exact) mass is 610 g/mol. The molecule has 2 aromatic carbocycles. The second-order valence-corrected chi connectivity index (χ2v) is 9.98. The number of halogens is 5. The third-order valence-electron chi connectivity index (χ3n) is 5.80. The molecule has 4 rings (SSSR count). The van der Waals surface area contributed by atoms with Crippen molar-refractivity contribution in [3.8, 4) is 22.9 Å². The largest absolute Gasteiger partial charge is 0.506 e. The molecule has 0 unspecified atom stereocenters. The van der Waals surface area contributed by atoms with Gasteiger partial charge in [0.25, 0.3) is 11.1 Å². The molecular formula is C27H23Cl3F2N4O4. The zero-order valence-corrected chi connectivity index (χ0v) is 24.0. The van der Waals surface area contributed by atoms with Gasteiger partial charge in [-0.15, -0.1) is 0 Å². The Balaban J connectivity index is 0.000000225. The number of benzene rings is 2. The van der Waals surface area contributed by atoms with E-state index < -0.39 is 22.8 Å². The number of hydrogen-bond acceptors (Lipinski definition) is 6. The first-order chi connectivity index (χ1) is 18.7. The van der Waals surface area contributed by atoms with Gasteiger partial charge in [-0.2, -0.15) is 19.6 Å². The molecule has 13 heteroatoms. The van der Waals surface area contributed by atoms with Gasteiger partial charge < -0.3 is 9.84 Å². The molecule has 8 nitrogen and oxygen atoms in total. The zero-order chi connectivity index (χ0) is 29.9. The van der Waals surface area contributed by atoms with Crippen molar-refractivity contribution in [1.29, 1.82) is 0 Å². The summed E-state index contributed by atoms with van der Waals surface area (Å²) in [6, 6.07) is 4.38. The van der Waals surface area contributed by atoms with Crippen LogP contribution in [-0.2, 0) is 0 Å². The average Bonchev–Trinajstić information content (AvgIpc) is 2.89. The van der Waals surface area contributed by atoms with Crippen molar-refractivity contribution in [2.24, 2.45) is 0 Å². The van der Waals surface area contributed by atoms with E-state index in [9.17, 15) is 23.5 Å². The van der Waals surface area contributed by atoms with Crippen LogP contribution in [0.4, 0.5) is 8.78 Å². The van der Waals surface area contributed by atoms with E-state index in [2.05, 4.69) is 16.8 Å². The van der Waals surface area contributed by atoms with E-state index in [-0.39, 0.29) is 44.6 Å². The fraction of sp³-hybridized carbons (Fsp3) is 0.185. The van der Waals surface area contributed by atoms with Crippen molar-refractivity contribution in [2.75, 3.05) is 6.61 Å². The van der Waals surface area contributed by atoms with E-state index >= 15 is 0 Å². The normalized spacial score (nSPS) is 10.6. The molecule has 0 atom stereocenters. The molecule has 40 heavy (non-hydrogen) atoms. The summed E-state index contributed by atoms with van der Waals surface area (Å²) in [4.78, 5) is 24.2. The van der Waals surface area contributed by atoms with Gasteiger partial charge in [-0.05, 0) is 51.0 Å². The van der Waals surface area contributed by atoms with Crippen LogP contribution in [-0.4, -0.2) is 31.3 Å². The maximum Gasteiger partial charge on any atom is 0.274 e. The minimum absolute atomic E-state index is 0.0155. The summed E-state index contributed by atoms with van der Waals surface area (Å²) in [5.74, 6) is -1.53. The van der Waals surface area contributed by atoms with E-state index in [4.69, 9.17) is 39.5 Å². The first kappa shape index (κ1) is 30.8. The van der Waals surface area contributed by atoms with Crippen LogP contribution in [0.15, 0.2) is 57.9 Å². The molecule has 4 aromatic rings. The Hall–Kier alpha value is -3.73. The molecule has 0 spiro atoms. The summed E-state index contributed by atoms with van der Waals surface area (Å²) in [6.07, 6.45) is 2.95. The van der Waals surface area contributed by atoms with Crippen LogP contribution in [0.2, 0.25) is 10.0 Å². The summed E-state index contributed by atoms with van der Waals surface area (Å²) in [7, 11) is 0.